The molecule has 1 atom stereocenters. The highest BCUT2D eigenvalue weighted by Crippen LogP contribution is 2.33. The van der Waals surface area contributed by atoms with Crippen LogP contribution in [-0.4, -0.2) is 10.6 Å². The molecule has 0 saturated heterocycles. The molecule has 0 saturated carbocycles. The second-order valence-electron chi connectivity index (χ2n) is 6.62. The normalized spacial score (nSPS) is 17.6. The van der Waals surface area contributed by atoms with Gasteiger partial charge in [0.15, 0.2) is 0 Å². The van der Waals surface area contributed by atoms with Crippen LogP contribution in [-0.2, 0) is 25.7 Å². The van der Waals surface area contributed by atoms with Crippen LogP contribution in [0.4, 0.5) is 13.2 Å². The zero-order valence-electron chi connectivity index (χ0n) is 13.7. The molecule has 1 aliphatic rings. The number of halogens is 3. The molecular weight excluding hydrogens is 325 g/mol. The minimum absolute atomic E-state index is 0.262. The van der Waals surface area contributed by atoms with Crippen LogP contribution < -0.4 is 5.32 Å². The number of benzene rings is 2. The number of aryl methyl sites for hydroxylation is 1. The van der Waals surface area contributed by atoms with Gasteiger partial charge >= 0.3 is 6.18 Å². The SMILES string of the molecule is FC(F)(F)c1ccc2cc3n(c2c1)CC(NCc1ccccc1)CC3. The molecule has 2 aromatic carbocycles. The number of fused-ring (bicyclic) bond motifs is 3. The highest BCUT2D eigenvalue weighted by molar-refractivity contribution is 5.82. The number of nitrogens with one attached hydrogen (secondary N) is 1. The molecule has 4 rings (SSSR count). The van der Waals surface area contributed by atoms with Crippen LogP contribution in [0.2, 0.25) is 0 Å². The van der Waals surface area contributed by atoms with Crippen LogP contribution in [0, 0.1) is 0 Å². The average Bonchev–Trinajstić information content (AvgIpc) is 2.97. The van der Waals surface area contributed by atoms with Crippen molar-refractivity contribution in [1.82, 2.24) is 9.88 Å². The van der Waals surface area contributed by atoms with Gasteiger partial charge in [0.2, 0.25) is 0 Å². The minimum Gasteiger partial charge on any atom is -0.343 e. The third-order valence-electron chi connectivity index (χ3n) is 4.91. The highest BCUT2D eigenvalue weighted by Gasteiger charge is 2.31. The predicted octanol–water partition coefficient (Wildman–Crippen LogP) is 4.76. The Morgan fingerprint density at radius 2 is 1.84 bits per heavy atom. The Hall–Kier alpha value is -2.27. The Morgan fingerprint density at radius 1 is 1.04 bits per heavy atom. The fraction of sp³-hybridized carbons (Fsp3) is 0.300. The Labute approximate surface area is 144 Å². The molecule has 1 aliphatic heterocycles. The molecule has 2 heterocycles. The van der Waals surface area contributed by atoms with Gasteiger partial charge < -0.3 is 9.88 Å². The maximum atomic E-state index is 13.0. The zero-order chi connectivity index (χ0) is 17.4. The van der Waals surface area contributed by atoms with Gasteiger partial charge in [-0.1, -0.05) is 36.4 Å². The van der Waals surface area contributed by atoms with Crippen LogP contribution >= 0.6 is 0 Å². The lowest BCUT2D eigenvalue weighted by molar-refractivity contribution is -0.137. The molecule has 0 amide bonds. The first-order valence-corrected chi connectivity index (χ1v) is 8.47. The molecule has 0 radical (unpaired) electrons. The summed E-state index contributed by atoms with van der Waals surface area (Å²) in [6.07, 6.45) is -2.43. The van der Waals surface area contributed by atoms with Crippen LogP contribution in [0.3, 0.4) is 0 Å². The standard InChI is InChI=1S/C20H19F3N2/c21-20(22,23)16-7-6-15-10-18-9-8-17(13-25(18)19(15)11-16)24-12-14-4-2-1-3-5-14/h1-7,10-11,17,24H,8-9,12-13H2. The summed E-state index contributed by atoms with van der Waals surface area (Å²) in [4.78, 5) is 0. The summed E-state index contributed by atoms with van der Waals surface area (Å²) in [6.45, 7) is 1.47. The highest BCUT2D eigenvalue weighted by atomic mass is 19.4. The van der Waals surface area contributed by atoms with E-state index in [0.717, 1.165) is 30.5 Å². The van der Waals surface area contributed by atoms with E-state index >= 15 is 0 Å². The first kappa shape index (κ1) is 16.2. The van der Waals surface area contributed by atoms with Crippen LogP contribution in [0.25, 0.3) is 10.9 Å². The quantitative estimate of drug-likeness (QED) is 0.724. The molecular formula is C20H19F3N2. The lowest BCUT2D eigenvalue weighted by Crippen LogP contribution is -2.36. The molecule has 0 bridgehead atoms. The first-order chi connectivity index (χ1) is 12.0. The van der Waals surface area contributed by atoms with Crippen molar-refractivity contribution in [3.05, 3.63) is 71.4 Å². The summed E-state index contributed by atoms with van der Waals surface area (Å²) in [6, 6.07) is 16.4. The van der Waals surface area contributed by atoms with Crippen molar-refractivity contribution >= 4 is 10.9 Å². The van der Waals surface area contributed by atoms with Gasteiger partial charge in [-0.25, -0.2) is 0 Å². The van der Waals surface area contributed by atoms with Crippen molar-refractivity contribution in [3.63, 3.8) is 0 Å². The second kappa shape index (κ2) is 6.23. The van der Waals surface area contributed by atoms with Gasteiger partial charge in [-0.3, -0.25) is 0 Å². The van der Waals surface area contributed by atoms with Crippen LogP contribution in [0.5, 0.6) is 0 Å². The van der Waals surface area contributed by atoms with Crippen molar-refractivity contribution in [2.24, 2.45) is 0 Å². The molecule has 0 aliphatic carbocycles. The van der Waals surface area contributed by atoms with Crippen molar-refractivity contribution in [2.45, 2.75) is 38.1 Å². The smallest absolute Gasteiger partial charge is 0.343 e. The van der Waals surface area contributed by atoms with Gasteiger partial charge in [0.25, 0.3) is 0 Å². The van der Waals surface area contributed by atoms with Gasteiger partial charge in [-0.15, -0.1) is 0 Å². The predicted molar refractivity (Wildman–Crippen MR) is 92.3 cm³/mol. The van der Waals surface area contributed by atoms with Crippen LogP contribution in [0.15, 0.2) is 54.6 Å². The summed E-state index contributed by atoms with van der Waals surface area (Å²) in [7, 11) is 0. The van der Waals surface area contributed by atoms with E-state index < -0.39 is 11.7 Å². The maximum absolute atomic E-state index is 13.0. The zero-order valence-corrected chi connectivity index (χ0v) is 13.7. The largest absolute Gasteiger partial charge is 0.416 e. The second-order valence-corrected chi connectivity index (χ2v) is 6.62. The number of alkyl halides is 3. The lowest BCUT2D eigenvalue weighted by atomic mass is 10.0. The molecule has 25 heavy (non-hydrogen) atoms. The van der Waals surface area contributed by atoms with E-state index in [0.29, 0.717) is 12.1 Å². The molecule has 5 heteroatoms. The van der Waals surface area contributed by atoms with Gasteiger partial charge in [0.05, 0.1) is 5.56 Å². The topological polar surface area (TPSA) is 17.0 Å². The molecule has 1 N–H and O–H groups in total. The third kappa shape index (κ3) is 3.29. The number of hydrogen-bond donors (Lipinski definition) is 1. The first-order valence-electron chi connectivity index (χ1n) is 8.47. The fourth-order valence-corrected chi connectivity index (χ4v) is 3.57. The van der Waals surface area contributed by atoms with Crippen molar-refractivity contribution in [2.75, 3.05) is 0 Å². The van der Waals surface area contributed by atoms with Crippen molar-refractivity contribution in [3.8, 4) is 0 Å². The van der Waals surface area contributed by atoms with Gasteiger partial charge in [-0.2, -0.15) is 13.2 Å². The number of aromatic nitrogens is 1. The minimum atomic E-state index is -4.31. The molecule has 0 fully saturated rings. The molecule has 2 nitrogen and oxygen atoms in total. The van der Waals surface area contributed by atoms with Gasteiger partial charge in [0, 0.05) is 30.3 Å². The van der Waals surface area contributed by atoms with Crippen molar-refractivity contribution < 1.29 is 13.2 Å². The van der Waals surface area contributed by atoms with Gasteiger partial charge in [-0.05, 0) is 42.0 Å². The molecule has 0 spiro atoms. The van der Waals surface area contributed by atoms with E-state index in [1.165, 1.54) is 17.7 Å². The van der Waals surface area contributed by atoms with E-state index in [1.54, 1.807) is 6.07 Å². The molecule has 1 unspecified atom stereocenters. The van der Waals surface area contributed by atoms with E-state index in [2.05, 4.69) is 17.4 Å². The fourth-order valence-electron chi connectivity index (χ4n) is 3.57. The Kier molecular flexibility index (Phi) is 4.04. The van der Waals surface area contributed by atoms with E-state index in [-0.39, 0.29) is 6.04 Å². The Balaban J connectivity index is 1.57. The van der Waals surface area contributed by atoms with E-state index in [1.807, 2.05) is 28.8 Å². The van der Waals surface area contributed by atoms with Gasteiger partial charge in [0.1, 0.15) is 0 Å². The Morgan fingerprint density at radius 3 is 2.60 bits per heavy atom. The summed E-state index contributed by atoms with van der Waals surface area (Å²) >= 11 is 0. The summed E-state index contributed by atoms with van der Waals surface area (Å²) < 4.78 is 41.1. The van der Waals surface area contributed by atoms with Crippen molar-refractivity contribution in [1.29, 1.82) is 0 Å². The molecule has 1 aromatic heterocycles. The number of nitrogens with zero attached hydrogens (tertiary/aromatic N) is 1. The number of rotatable bonds is 3. The summed E-state index contributed by atoms with van der Waals surface area (Å²) in [5, 5.41) is 4.42. The average molecular weight is 344 g/mol. The molecule has 130 valence electrons. The van der Waals surface area contributed by atoms with E-state index in [4.69, 9.17) is 0 Å². The number of hydrogen-bond acceptors (Lipinski definition) is 1. The third-order valence-corrected chi connectivity index (χ3v) is 4.91. The summed E-state index contributed by atoms with van der Waals surface area (Å²) in [5.74, 6) is 0. The lowest BCUT2D eigenvalue weighted by Gasteiger charge is -2.26. The summed E-state index contributed by atoms with van der Waals surface area (Å²) in [5.41, 5.74) is 2.42. The molecule has 3 aromatic rings. The monoisotopic (exact) mass is 344 g/mol. The Bertz CT molecular complexity index is 881. The van der Waals surface area contributed by atoms with E-state index in [9.17, 15) is 13.2 Å². The van der Waals surface area contributed by atoms with Crippen LogP contribution in [0.1, 0.15) is 23.2 Å². The maximum Gasteiger partial charge on any atom is 0.416 e.